The molecule has 2 aromatic carbocycles. The van der Waals surface area contributed by atoms with E-state index in [0.717, 1.165) is 32.2 Å². The monoisotopic (exact) mass is 451 g/mol. The van der Waals surface area contributed by atoms with Crippen molar-refractivity contribution in [3.63, 3.8) is 0 Å². The predicted octanol–water partition coefficient (Wildman–Crippen LogP) is 3.58. The number of nitrogens with zero attached hydrogens (tertiary/aromatic N) is 3. The van der Waals surface area contributed by atoms with Gasteiger partial charge >= 0.3 is 0 Å². The highest BCUT2D eigenvalue weighted by molar-refractivity contribution is 7.89. The van der Waals surface area contributed by atoms with Crippen LogP contribution in [0.3, 0.4) is 0 Å². The molecule has 0 spiro atoms. The van der Waals surface area contributed by atoms with Crippen molar-refractivity contribution in [3.8, 4) is 6.07 Å². The van der Waals surface area contributed by atoms with Gasteiger partial charge in [-0.2, -0.15) is 9.57 Å². The first-order valence-corrected chi connectivity index (χ1v) is 12.8. The van der Waals surface area contributed by atoms with Crippen LogP contribution in [-0.4, -0.2) is 49.2 Å². The number of aryl methyl sites for hydroxylation is 1. The maximum Gasteiger partial charge on any atom is 0.244 e. The lowest BCUT2D eigenvalue weighted by atomic mass is 9.95. The lowest BCUT2D eigenvalue weighted by Crippen LogP contribution is -2.45. The summed E-state index contributed by atoms with van der Waals surface area (Å²) in [5.41, 5.74) is 1.45. The van der Waals surface area contributed by atoms with E-state index in [1.807, 2.05) is 29.2 Å². The highest BCUT2D eigenvalue weighted by Gasteiger charge is 2.37. The van der Waals surface area contributed by atoms with Gasteiger partial charge in [0.1, 0.15) is 6.07 Å². The van der Waals surface area contributed by atoms with Crippen molar-refractivity contribution in [1.82, 2.24) is 9.21 Å². The van der Waals surface area contributed by atoms with Crippen LogP contribution in [0.4, 0.5) is 0 Å². The quantitative estimate of drug-likeness (QED) is 0.672. The summed E-state index contributed by atoms with van der Waals surface area (Å²) < 4.78 is 27.5. The number of carbonyl (C=O) groups excluding carboxylic acids is 1. The van der Waals surface area contributed by atoms with E-state index in [9.17, 15) is 18.5 Å². The Bertz CT molecular complexity index is 1090. The molecule has 6 nitrogen and oxygen atoms in total. The van der Waals surface area contributed by atoms with Crippen LogP contribution < -0.4 is 0 Å². The third-order valence-electron chi connectivity index (χ3n) is 6.70. The zero-order valence-electron chi connectivity index (χ0n) is 18.2. The second-order valence-corrected chi connectivity index (χ2v) is 10.5. The van der Waals surface area contributed by atoms with E-state index in [-0.39, 0.29) is 28.3 Å². The van der Waals surface area contributed by atoms with Crippen molar-refractivity contribution >= 4 is 15.9 Å². The van der Waals surface area contributed by atoms with Gasteiger partial charge in [-0.3, -0.25) is 4.79 Å². The summed E-state index contributed by atoms with van der Waals surface area (Å²) in [6.45, 7) is 1.41. The normalized spacial score (nSPS) is 20.2. The molecule has 1 amide bonds. The summed E-state index contributed by atoms with van der Waals surface area (Å²) in [7, 11) is -3.74. The predicted molar refractivity (Wildman–Crippen MR) is 122 cm³/mol. The van der Waals surface area contributed by atoms with Crippen molar-refractivity contribution < 1.29 is 13.2 Å². The van der Waals surface area contributed by atoms with Crippen LogP contribution in [-0.2, 0) is 21.2 Å². The summed E-state index contributed by atoms with van der Waals surface area (Å²) in [5.74, 6) is 0.0417. The molecule has 2 fully saturated rings. The summed E-state index contributed by atoms with van der Waals surface area (Å²) in [4.78, 5) is 15.4. The number of benzene rings is 2. The topological polar surface area (TPSA) is 81.5 Å². The number of likely N-dealkylation sites (tertiary alicyclic amines) is 1. The Morgan fingerprint density at radius 1 is 0.969 bits per heavy atom. The van der Waals surface area contributed by atoms with E-state index in [4.69, 9.17) is 0 Å². The Labute approximate surface area is 190 Å². The van der Waals surface area contributed by atoms with Crippen LogP contribution in [0.2, 0.25) is 0 Å². The fourth-order valence-electron chi connectivity index (χ4n) is 4.90. The molecule has 0 radical (unpaired) electrons. The van der Waals surface area contributed by atoms with E-state index >= 15 is 0 Å². The Balaban J connectivity index is 1.36. The van der Waals surface area contributed by atoms with E-state index in [1.165, 1.54) is 22.0 Å². The molecular weight excluding hydrogens is 422 g/mol. The largest absolute Gasteiger partial charge is 0.339 e. The maximum absolute atomic E-state index is 13.3. The van der Waals surface area contributed by atoms with E-state index in [0.29, 0.717) is 25.9 Å². The Kier molecular flexibility index (Phi) is 6.92. The number of rotatable bonds is 6. The first-order chi connectivity index (χ1) is 15.5. The van der Waals surface area contributed by atoms with Crippen LogP contribution >= 0.6 is 0 Å². The minimum atomic E-state index is -3.74. The number of carbonyl (C=O) groups is 1. The Morgan fingerprint density at radius 3 is 2.38 bits per heavy atom. The van der Waals surface area contributed by atoms with Gasteiger partial charge in [0.2, 0.25) is 15.9 Å². The third kappa shape index (κ3) is 4.72. The highest BCUT2D eigenvalue weighted by atomic mass is 32.2. The molecule has 4 rings (SSSR count). The average molecular weight is 452 g/mol. The zero-order valence-corrected chi connectivity index (χ0v) is 19.0. The lowest BCUT2D eigenvalue weighted by molar-refractivity contribution is -0.137. The summed E-state index contributed by atoms with van der Waals surface area (Å²) >= 11 is 0. The van der Waals surface area contributed by atoms with Gasteiger partial charge in [-0.05, 0) is 56.2 Å². The number of amides is 1. The van der Waals surface area contributed by atoms with E-state index in [1.54, 1.807) is 12.1 Å². The molecule has 0 aromatic heterocycles. The number of nitriles is 1. The van der Waals surface area contributed by atoms with E-state index in [2.05, 4.69) is 12.1 Å². The van der Waals surface area contributed by atoms with Gasteiger partial charge in [0.25, 0.3) is 0 Å². The van der Waals surface area contributed by atoms with Gasteiger partial charge in [-0.15, -0.1) is 0 Å². The minimum Gasteiger partial charge on any atom is -0.339 e. The van der Waals surface area contributed by atoms with Crippen LogP contribution in [0.25, 0.3) is 0 Å². The molecule has 7 heteroatoms. The standard InChI is InChI=1S/C25H29N3O3S/c26-19-22-9-4-5-11-24(22)32(30,31)27-17-14-21(15-18-27)25(29)28-16-6-10-23(28)13-12-20-7-2-1-3-8-20/h1-5,7-9,11,21,23H,6,10,12-18H2. The smallest absolute Gasteiger partial charge is 0.244 e. The molecule has 1 unspecified atom stereocenters. The van der Waals surface area contributed by atoms with E-state index < -0.39 is 10.0 Å². The Morgan fingerprint density at radius 2 is 1.66 bits per heavy atom. The fraction of sp³-hybridized carbons (Fsp3) is 0.440. The third-order valence-corrected chi connectivity index (χ3v) is 8.65. The van der Waals surface area contributed by atoms with Crippen LogP contribution in [0.1, 0.15) is 43.2 Å². The fourth-order valence-corrected chi connectivity index (χ4v) is 6.52. The number of hydrogen-bond acceptors (Lipinski definition) is 4. The molecule has 2 aliphatic heterocycles. The zero-order chi connectivity index (χ0) is 22.6. The SMILES string of the molecule is N#Cc1ccccc1S(=O)(=O)N1CCC(C(=O)N2CCCC2CCc2ccccc2)CC1. The molecule has 32 heavy (non-hydrogen) atoms. The molecule has 2 aliphatic rings. The molecule has 0 saturated carbocycles. The minimum absolute atomic E-state index is 0.0489. The number of hydrogen-bond donors (Lipinski definition) is 0. The van der Waals surface area contributed by atoms with Crippen molar-refractivity contribution in [3.05, 3.63) is 65.7 Å². The van der Waals surface area contributed by atoms with Crippen molar-refractivity contribution in [1.29, 1.82) is 5.26 Å². The van der Waals surface area contributed by atoms with Crippen LogP contribution in [0, 0.1) is 17.2 Å². The second kappa shape index (κ2) is 9.85. The molecular formula is C25H29N3O3S. The molecule has 2 saturated heterocycles. The number of sulfonamides is 1. The lowest BCUT2D eigenvalue weighted by Gasteiger charge is -2.34. The molecule has 0 bridgehead atoms. The number of piperidine rings is 1. The first-order valence-electron chi connectivity index (χ1n) is 11.3. The van der Waals surface area contributed by atoms with Crippen LogP contribution in [0.15, 0.2) is 59.5 Å². The summed E-state index contributed by atoms with van der Waals surface area (Å²) in [5, 5.41) is 9.27. The molecule has 2 heterocycles. The van der Waals surface area contributed by atoms with Gasteiger partial charge < -0.3 is 4.90 Å². The second-order valence-electron chi connectivity index (χ2n) is 8.64. The molecule has 0 N–H and O–H groups in total. The molecule has 1 atom stereocenters. The summed E-state index contributed by atoms with van der Waals surface area (Å²) in [6.07, 6.45) is 5.04. The highest BCUT2D eigenvalue weighted by Crippen LogP contribution is 2.30. The van der Waals surface area contributed by atoms with Gasteiger partial charge in [0.15, 0.2) is 0 Å². The van der Waals surface area contributed by atoms with Gasteiger partial charge in [-0.1, -0.05) is 42.5 Å². The van der Waals surface area contributed by atoms with Gasteiger partial charge in [0.05, 0.1) is 10.5 Å². The van der Waals surface area contributed by atoms with Gasteiger partial charge in [0, 0.05) is 31.6 Å². The van der Waals surface area contributed by atoms with Crippen molar-refractivity contribution in [2.75, 3.05) is 19.6 Å². The molecule has 0 aliphatic carbocycles. The molecule has 168 valence electrons. The van der Waals surface area contributed by atoms with Crippen molar-refractivity contribution in [2.45, 2.75) is 49.5 Å². The van der Waals surface area contributed by atoms with Crippen molar-refractivity contribution in [2.24, 2.45) is 5.92 Å². The summed E-state index contributed by atoms with van der Waals surface area (Å²) in [6, 6.07) is 18.9. The first kappa shape index (κ1) is 22.5. The van der Waals surface area contributed by atoms with Gasteiger partial charge in [-0.25, -0.2) is 8.42 Å². The average Bonchev–Trinajstić information content (AvgIpc) is 3.31. The Hall–Kier alpha value is -2.69. The maximum atomic E-state index is 13.3. The van der Waals surface area contributed by atoms with Crippen LogP contribution in [0.5, 0.6) is 0 Å². The molecule has 2 aromatic rings.